The van der Waals surface area contributed by atoms with E-state index in [0.717, 1.165) is 12.1 Å². The summed E-state index contributed by atoms with van der Waals surface area (Å²) in [5, 5.41) is 0. The van der Waals surface area contributed by atoms with Crippen LogP contribution in [0.4, 0.5) is 35.1 Å². The third-order valence-electron chi connectivity index (χ3n) is 3.17. The molecular weight excluding hydrogens is 401 g/mol. The Kier molecular flexibility index (Phi) is 6.07. The molecule has 1 aromatic rings. The van der Waals surface area contributed by atoms with Gasteiger partial charge in [0.25, 0.3) is 0 Å². The van der Waals surface area contributed by atoms with Gasteiger partial charge in [-0.1, -0.05) is 18.2 Å². The molecule has 0 unspecified atom stereocenters. The van der Waals surface area contributed by atoms with Crippen molar-refractivity contribution >= 4 is 7.75 Å². The molecule has 0 amide bonds. The molecule has 2 N–H and O–H groups in total. The van der Waals surface area contributed by atoms with Crippen molar-refractivity contribution in [3.05, 3.63) is 30.3 Å². The molecule has 0 spiro atoms. The van der Waals surface area contributed by atoms with E-state index in [1.165, 1.54) is 18.2 Å². The highest BCUT2D eigenvalue weighted by Crippen LogP contribution is 2.57. The van der Waals surface area contributed by atoms with Crippen LogP contribution in [0, 0.1) is 0 Å². The van der Waals surface area contributed by atoms with E-state index < -0.39 is 37.5 Å². The minimum absolute atomic E-state index is 0.135. The minimum atomic E-state index is -6.55. The van der Waals surface area contributed by atoms with Crippen LogP contribution in [0.15, 0.2) is 30.3 Å². The summed E-state index contributed by atoms with van der Waals surface area (Å²) < 4.78 is 126. The second-order valence-electron chi connectivity index (χ2n) is 5.62. The van der Waals surface area contributed by atoms with Crippen molar-refractivity contribution in [1.82, 2.24) is 0 Å². The third kappa shape index (κ3) is 4.12. The molecule has 0 aromatic heterocycles. The van der Waals surface area contributed by atoms with Crippen LogP contribution in [0.3, 0.4) is 0 Å². The monoisotopic (exact) mass is 415 g/mol. The highest BCUT2D eigenvalue weighted by molar-refractivity contribution is 7.51. The van der Waals surface area contributed by atoms with Crippen LogP contribution >= 0.6 is 7.75 Å². The Balaban J connectivity index is 3.16. The summed E-state index contributed by atoms with van der Waals surface area (Å²) in [6, 6.07) is 6.51. The zero-order valence-corrected chi connectivity index (χ0v) is 14.1. The van der Waals surface area contributed by atoms with E-state index >= 15 is 0 Å². The summed E-state index contributed by atoms with van der Waals surface area (Å²) in [5.41, 5.74) is 1.37. The number of halogens is 8. The summed E-state index contributed by atoms with van der Waals surface area (Å²) >= 11 is 0. The van der Waals surface area contributed by atoms with Gasteiger partial charge in [-0.3, -0.25) is 4.52 Å². The molecule has 26 heavy (non-hydrogen) atoms. The zero-order chi connectivity index (χ0) is 20.6. The van der Waals surface area contributed by atoms with Gasteiger partial charge in [-0.2, -0.15) is 26.3 Å². The van der Waals surface area contributed by atoms with Crippen LogP contribution in [-0.2, 0) is 9.09 Å². The van der Waals surface area contributed by atoms with Crippen molar-refractivity contribution in [1.29, 1.82) is 0 Å². The number of hydrogen-bond acceptors (Lipinski definition) is 3. The fraction of sp³-hybridized carbons (Fsp3) is 0.538. The van der Waals surface area contributed by atoms with Gasteiger partial charge in [0.1, 0.15) is 11.4 Å². The van der Waals surface area contributed by atoms with Crippen molar-refractivity contribution in [2.45, 2.75) is 43.6 Å². The van der Waals surface area contributed by atoms with E-state index in [0.29, 0.717) is 0 Å². The maximum atomic E-state index is 14.0. The lowest BCUT2D eigenvalue weighted by Gasteiger charge is -2.41. The molecule has 0 bridgehead atoms. The molecule has 0 saturated carbocycles. The van der Waals surface area contributed by atoms with E-state index in [1.807, 2.05) is 0 Å². The van der Waals surface area contributed by atoms with Gasteiger partial charge in [0.05, 0.1) is 0 Å². The maximum absolute atomic E-state index is 14.0. The van der Waals surface area contributed by atoms with Crippen molar-refractivity contribution in [3.63, 3.8) is 0 Å². The van der Waals surface area contributed by atoms with Crippen LogP contribution in [0.1, 0.15) is 13.8 Å². The van der Waals surface area contributed by atoms with Crippen LogP contribution in [-0.4, -0.2) is 29.8 Å². The quantitative estimate of drug-likeness (QED) is 0.474. The fourth-order valence-corrected chi connectivity index (χ4v) is 2.95. The lowest BCUT2D eigenvalue weighted by atomic mass is 9.91. The molecule has 13 heteroatoms. The van der Waals surface area contributed by atoms with Gasteiger partial charge in [-0.05, 0) is 26.0 Å². The van der Waals surface area contributed by atoms with Gasteiger partial charge in [0, 0.05) is 0 Å². The van der Waals surface area contributed by atoms with E-state index in [-0.39, 0.29) is 19.6 Å². The summed E-state index contributed by atoms with van der Waals surface area (Å²) in [7, 11) is -5.02. The summed E-state index contributed by atoms with van der Waals surface area (Å²) in [5.74, 6) is -19.1. The first-order valence-corrected chi connectivity index (χ1v) is 8.35. The topological polar surface area (TPSA) is 61.5 Å². The Bertz CT molecular complexity index is 669. The second-order valence-corrected chi connectivity index (χ2v) is 7.06. The van der Waals surface area contributed by atoms with Crippen LogP contribution < -0.4 is 10.0 Å². The van der Waals surface area contributed by atoms with E-state index in [9.17, 15) is 39.7 Å². The van der Waals surface area contributed by atoms with Crippen molar-refractivity contribution < 1.29 is 48.7 Å². The number of para-hydroxylation sites is 1. The molecule has 0 radical (unpaired) electrons. The molecule has 0 aliphatic carbocycles. The van der Waals surface area contributed by atoms with Gasteiger partial charge < -0.3 is 4.52 Å². The van der Waals surface area contributed by atoms with Gasteiger partial charge in [-0.15, -0.1) is 0 Å². The number of nitrogens with two attached hydrogens (primary N) is 1. The first kappa shape index (κ1) is 22.7. The molecule has 0 heterocycles. The summed E-state index contributed by atoms with van der Waals surface area (Å²) in [6.07, 6.45) is -5.09. The van der Waals surface area contributed by atoms with Crippen molar-refractivity contribution in [2.75, 3.05) is 0 Å². The standard InChI is InChI=1S/C13H14F8NO3P/c1-10(2,12(18,19)13(20,21)11(16,17)9(14)15)25-26(22,23)24-8-6-4-3-5-7-8/h3-7,9H,1-2H3,(H2,22,23)/t26-/m0/s1. The molecule has 1 rings (SSSR count). The highest BCUT2D eigenvalue weighted by atomic mass is 31.2. The van der Waals surface area contributed by atoms with E-state index in [4.69, 9.17) is 5.50 Å². The molecule has 1 atom stereocenters. The van der Waals surface area contributed by atoms with E-state index in [1.54, 1.807) is 0 Å². The number of benzene rings is 1. The molecule has 0 aliphatic rings. The Hall–Kier alpha value is -1.39. The first-order chi connectivity index (χ1) is 11.5. The van der Waals surface area contributed by atoms with Crippen molar-refractivity contribution in [3.8, 4) is 5.75 Å². The summed E-state index contributed by atoms with van der Waals surface area (Å²) in [4.78, 5) is 0. The third-order valence-corrected chi connectivity index (χ3v) is 4.35. The van der Waals surface area contributed by atoms with Gasteiger partial charge in [0.15, 0.2) is 0 Å². The van der Waals surface area contributed by atoms with Gasteiger partial charge >= 0.3 is 31.9 Å². The Morgan fingerprint density at radius 2 is 1.42 bits per heavy atom. The molecule has 0 aliphatic heterocycles. The Morgan fingerprint density at radius 1 is 0.962 bits per heavy atom. The predicted octanol–water partition coefficient (Wildman–Crippen LogP) is 5.10. The normalized spacial score (nSPS) is 16.5. The fourth-order valence-electron chi connectivity index (χ4n) is 1.75. The van der Waals surface area contributed by atoms with Gasteiger partial charge in [0.2, 0.25) is 0 Å². The highest BCUT2D eigenvalue weighted by Gasteiger charge is 2.80. The van der Waals surface area contributed by atoms with Crippen LogP contribution in [0.2, 0.25) is 0 Å². The molecule has 4 nitrogen and oxygen atoms in total. The number of rotatable bonds is 8. The van der Waals surface area contributed by atoms with Crippen molar-refractivity contribution in [2.24, 2.45) is 5.50 Å². The second kappa shape index (κ2) is 6.97. The van der Waals surface area contributed by atoms with E-state index in [2.05, 4.69) is 9.05 Å². The smallest absolute Gasteiger partial charge is 0.413 e. The Labute approximate surface area is 142 Å². The van der Waals surface area contributed by atoms with Crippen LogP contribution in [0.5, 0.6) is 5.75 Å². The Morgan fingerprint density at radius 3 is 1.85 bits per heavy atom. The lowest BCUT2D eigenvalue weighted by Crippen LogP contribution is -2.65. The number of hydrogen-bond donors (Lipinski definition) is 1. The molecule has 0 fully saturated rings. The van der Waals surface area contributed by atoms with Crippen LogP contribution in [0.25, 0.3) is 0 Å². The average molecular weight is 415 g/mol. The molecule has 1 aromatic carbocycles. The summed E-state index contributed by atoms with van der Waals surface area (Å²) in [6.45, 7) is 0.270. The minimum Gasteiger partial charge on any atom is -0.413 e. The lowest BCUT2D eigenvalue weighted by molar-refractivity contribution is -0.366. The average Bonchev–Trinajstić information content (AvgIpc) is 2.45. The first-order valence-electron chi connectivity index (χ1n) is 6.73. The van der Waals surface area contributed by atoms with Gasteiger partial charge in [-0.25, -0.2) is 18.9 Å². The SMILES string of the molecule is CC(C)(O[P@@](N)(=O)Oc1ccccc1)C(F)(F)C(F)(F)C(F)(F)C(F)F. The predicted molar refractivity (Wildman–Crippen MR) is 74.9 cm³/mol. The molecular formula is C13H14F8NO3P. The zero-order valence-electron chi connectivity index (χ0n) is 13.2. The number of alkyl halides is 8. The largest absolute Gasteiger partial charge is 0.456 e. The molecule has 0 saturated heterocycles. The molecule has 150 valence electrons. The maximum Gasteiger partial charge on any atom is 0.456 e.